The molecule has 0 atom stereocenters. The number of para-hydroxylation sites is 1. The second-order valence-corrected chi connectivity index (χ2v) is 6.39. The first-order chi connectivity index (χ1) is 14.0. The predicted octanol–water partition coefficient (Wildman–Crippen LogP) is 2.99. The Kier molecular flexibility index (Phi) is 4.62. The maximum atomic E-state index is 11.9. The number of carbonyl (C=O) groups excluding carboxylic acids is 2. The zero-order valence-electron chi connectivity index (χ0n) is 15.0. The molecule has 1 aromatic heterocycles. The van der Waals surface area contributed by atoms with Gasteiger partial charge in [-0.05, 0) is 23.8 Å². The number of nitro benzene ring substituents is 1. The Morgan fingerprint density at radius 2 is 1.90 bits per heavy atom. The Morgan fingerprint density at radius 3 is 2.62 bits per heavy atom. The van der Waals surface area contributed by atoms with Crippen LogP contribution in [0.3, 0.4) is 0 Å². The average Bonchev–Trinajstić information content (AvgIpc) is 3.41. The molecule has 5 rings (SSSR count). The average molecular weight is 389 g/mol. The number of non-ortho nitro benzene ring substituents is 1. The summed E-state index contributed by atoms with van der Waals surface area (Å²) in [6, 6.07) is 12.0. The highest BCUT2D eigenvalue weighted by atomic mass is 16.6. The molecule has 0 aliphatic carbocycles. The van der Waals surface area contributed by atoms with Crippen LogP contribution in [0.2, 0.25) is 0 Å². The smallest absolute Gasteiger partial charge is 0.270 e. The van der Waals surface area contributed by atoms with E-state index in [0.29, 0.717) is 28.9 Å². The molecule has 3 N–H and O–H groups in total. The lowest BCUT2D eigenvalue weighted by atomic mass is 10.1. The van der Waals surface area contributed by atoms with Crippen LogP contribution in [0.1, 0.15) is 16.8 Å². The molecule has 0 spiro atoms. The number of fused-ring (bicyclic) bond motifs is 2. The van der Waals surface area contributed by atoms with Crippen LogP contribution in [-0.4, -0.2) is 26.7 Å². The number of amides is 2. The van der Waals surface area contributed by atoms with Crippen molar-refractivity contribution in [3.63, 3.8) is 0 Å². The molecule has 2 aromatic carbocycles. The highest BCUT2D eigenvalue weighted by molar-refractivity contribution is 6.34. The molecule has 3 heterocycles. The van der Waals surface area contributed by atoms with Crippen molar-refractivity contribution in [3.05, 3.63) is 81.9 Å². The largest absolute Gasteiger partial charge is 0.345 e. The molecule has 3 aromatic rings. The lowest BCUT2D eigenvalue weighted by Crippen LogP contribution is -2.03. The number of hydrogen-bond donors (Lipinski definition) is 3. The lowest BCUT2D eigenvalue weighted by molar-refractivity contribution is -0.384. The number of nitro groups is 1. The van der Waals surface area contributed by atoms with Crippen molar-refractivity contribution >= 4 is 40.5 Å². The Balaban J connectivity index is 0.000000171. The van der Waals surface area contributed by atoms with Gasteiger partial charge in [0.15, 0.2) is 0 Å². The topological polar surface area (TPSA) is 130 Å². The summed E-state index contributed by atoms with van der Waals surface area (Å²) in [7, 11) is 0. The summed E-state index contributed by atoms with van der Waals surface area (Å²) in [4.78, 5) is 39.6. The van der Waals surface area contributed by atoms with Crippen molar-refractivity contribution < 1.29 is 14.5 Å². The van der Waals surface area contributed by atoms with Crippen LogP contribution in [0.25, 0.3) is 11.6 Å². The third-order valence-corrected chi connectivity index (χ3v) is 4.46. The molecule has 0 unspecified atom stereocenters. The number of nitrogens with one attached hydrogen (secondary N) is 3. The number of nitrogens with zero attached hydrogens (tertiary/aromatic N) is 2. The van der Waals surface area contributed by atoms with Crippen molar-refractivity contribution in [2.24, 2.45) is 0 Å². The molecule has 0 radical (unpaired) electrons. The van der Waals surface area contributed by atoms with Crippen molar-refractivity contribution in [1.29, 1.82) is 0 Å². The van der Waals surface area contributed by atoms with E-state index in [-0.39, 0.29) is 17.5 Å². The molecule has 9 heteroatoms. The monoisotopic (exact) mass is 389 g/mol. The van der Waals surface area contributed by atoms with E-state index in [9.17, 15) is 19.7 Å². The van der Waals surface area contributed by atoms with Crippen molar-refractivity contribution in [3.8, 4) is 0 Å². The van der Waals surface area contributed by atoms with Gasteiger partial charge in [-0.15, -0.1) is 0 Å². The van der Waals surface area contributed by atoms with E-state index in [1.54, 1.807) is 12.3 Å². The van der Waals surface area contributed by atoms with Crippen molar-refractivity contribution in [2.75, 3.05) is 10.6 Å². The standard InChI is InChI=1S/C12H8N4O3.C8H7NO/c17-12-10(3-7-5-13-6-14-7)9-4-8(16(18)19)1-2-11(9)15-12;10-8-5-6-3-1-2-4-7(6)9-8/h1-6H,(H,13,14)(H,15,17);1-4H,5H2,(H,9,10)/b10-3-;. The normalized spacial score (nSPS) is 15.1. The second kappa shape index (κ2) is 7.39. The summed E-state index contributed by atoms with van der Waals surface area (Å²) >= 11 is 0. The Bertz CT molecular complexity index is 1120. The quantitative estimate of drug-likeness (QED) is 0.352. The molecule has 0 fully saturated rings. The maximum absolute atomic E-state index is 11.9. The lowest BCUT2D eigenvalue weighted by Gasteiger charge is -1.98. The minimum atomic E-state index is -0.489. The van der Waals surface area contributed by atoms with Crippen LogP contribution in [0.15, 0.2) is 55.0 Å². The fourth-order valence-corrected chi connectivity index (χ4v) is 3.10. The molecule has 2 aliphatic heterocycles. The van der Waals surface area contributed by atoms with Gasteiger partial charge >= 0.3 is 0 Å². The van der Waals surface area contributed by atoms with Gasteiger partial charge in [0, 0.05) is 29.1 Å². The molecule has 0 saturated carbocycles. The summed E-state index contributed by atoms with van der Waals surface area (Å²) in [6.07, 6.45) is 5.21. The highest BCUT2D eigenvalue weighted by Crippen LogP contribution is 2.35. The molecule has 0 bridgehead atoms. The molecular weight excluding hydrogens is 374 g/mol. The Morgan fingerprint density at radius 1 is 1.07 bits per heavy atom. The third-order valence-electron chi connectivity index (χ3n) is 4.46. The molecule has 0 saturated heterocycles. The summed E-state index contributed by atoms with van der Waals surface area (Å²) < 4.78 is 0. The maximum Gasteiger partial charge on any atom is 0.270 e. The second-order valence-electron chi connectivity index (χ2n) is 6.39. The van der Waals surface area contributed by atoms with E-state index in [0.717, 1.165) is 11.3 Å². The van der Waals surface area contributed by atoms with Gasteiger partial charge in [-0.25, -0.2) is 4.98 Å². The van der Waals surface area contributed by atoms with E-state index < -0.39 is 4.92 Å². The van der Waals surface area contributed by atoms with Crippen LogP contribution in [0.5, 0.6) is 0 Å². The minimum Gasteiger partial charge on any atom is -0.345 e. The number of rotatable bonds is 2. The molecule has 9 nitrogen and oxygen atoms in total. The number of anilines is 2. The van der Waals surface area contributed by atoms with Crippen LogP contribution in [-0.2, 0) is 16.0 Å². The predicted molar refractivity (Wildman–Crippen MR) is 107 cm³/mol. The van der Waals surface area contributed by atoms with Gasteiger partial charge in [-0.1, -0.05) is 18.2 Å². The zero-order chi connectivity index (χ0) is 20.4. The summed E-state index contributed by atoms with van der Waals surface area (Å²) in [5.74, 6) is -0.189. The fraction of sp³-hybridized carbons (Fsp3) is 0.0500. The number of carbonyl (C=O) groups is 2. The van der Waals surface area contributed by atoms with Crippen molar-refractivity contribution in [2.45, 2.75) is 6.42 Å². The first-order valence-electron chi connectivity index (χ1n) is 8.69. The number of H-pyrrole nitrogens is 1. The number of imidazole rings is 1. The first-order valence-corrected chi connectivity index (χ1v) is 8.69. The number of aromatic amines is 1. The van der Waals surface area contributed by atoms with E-state index in [4.69, 9.17) is 0 Å². The minimum absolute atomic E-state index is 0.0502. The van der Waals surface area contributed by atoms with Gasteiger partial charge in [-0.2, -0.15) is 0 Å². The van der Waals surface area contributed by atoms with Crippen molar-refractivity contribution in [1.82, 2.24) is 9.97 Å². The molecule has 144 valence electrons. The van der Waals surface area contributed by atoms with Crippen LogP contribution in [0, 0.1) is 10.1 Å². The Labute approximate surface area is 164 Å². The SMILES string of the molecule is O=C1Cc2ccccc2N1.O=C1Nc2ccc([N+](=O)[O-])cc2/C1=C/c1cnc[nH]1. The summed E-state index contributed by atoms with van der Waals surface area (Å²) in [5.41, 5.74) is 4.15. The van der Waals surface area contributed by atoms with Gasteiger partial charge in [0.25, 0.3) is 11.6 Å². The van der Waals surface area contributed by atoms with E-state index in [2.05, 4.69) is 20.6 Å². The van der Waals surface area contributed by atoms with Gasteiger partial charge in [-0.3, -0.25) is 19.7 Å². The highest BCUT2D eigenvalue weighted by Gasteiger charge is 2.26. The number of hydrogen-bond acceptors (Lipinski definition) is 5. The van der Waals surface area contributed by atoms with Gasteiger partial charge in [0.05, 0.1) is 35.1 Å². The van der Waals surface area contributed by atoms with E-state index in [1.165, 1.54) is 24.5 Å². The van der Waals surface area contributed by atoms with Crippen LogP contribution < -0.4 is 10.6 Å². The zero-order valence-corrected chi connectivity index (χ0v) is 15.0. The summed E-state index contributed by atoms with van der Waals surface area (Å²) in [6.45, 7) is 0. The molecule has 29 heavy (non-hydrogen) atoms. The molecular formula is C20H15N5O4. The van der Waals surface area contributed by atoms with Crippen LogP contribution in [0.4, 0.5) is 17.1 Å². The van der Waals surface area contributed by atoms with Gasteiger partial charge in [0.2, 0.25) is 5.91 Å². The number of benzene rings is 2. The fourth-order valence-electron chi connectivity index (χ4n) is 3.10. The van der Waals surface area contributed by atoms with Gasteiger partial charge < -0.3 is 15.6 Å². The Hall–Kier alpha value is -4.27. The third kappa shape index (κ3) is 3.74. The molecule has 2 amide bonds. The summed E-state index contributed by atoms with van der Waals surface area (Å²) in [5, 5.41) is 16.2. The first kappa shape index (κ1) is 18.1. The molecule has 2 aliphatic rings. The van der Waals surface area contributed by atoms with E-state index >= 15 is 0 Å². The number of aromatic nitrogens is 2. The van der Waals surface area contributed by atoms with E-state index in [1.807, 2.05) is 24.3 Å². The van der Waals surface area contributed by atoms with Gasteiger partial charge in [0.1, 0.15) is 0 Å². The van der Waals surface area contributed by atoms with Crippen LogP contribution >= 0.6 is 0 Å².